The lowest BCUT2D eigenvalue weighted by Gasteiger charge is -2.25. The monoisotopic (exact) mass is 265 g/mol. The Morgan fingerprint density at radius 2 is 2.11 bits per heavy atom. The molecular formula is C16H27NO2. The van der Waals surface area contributed by atoms with Crippen LogP contribution in [0.3, 0.4) is 0 Å². The van der Waals surface area contributed by atoms with E-state index in [9.17, 15) is 5.11 Å². The third kappa shape index (κ3) is 5.21. The van der Waals surface area contributed by atoms with Crippen LogP contribution >= 0.6 is 0 Å². The zero-order valence-corrected chi connectivity index (χ0v) is 12.4. The van der Waals surface area contributed by atoms with Crippen molar-refractivity contribution in [1.82, 2.24) is 0 Å². The van der Waals surface area contributed by atoms with Crippen molar-refractivity contribution in [2.75, 3.05) is 13.2 Å². The number of aliphatic hydroxyl groups excluding tert-OH is 1. The first-order valence-electron chi connectivity index (χ1n) is 7.13. The Morgan fingerprint density at radius 1 is 1.37 bits per heavy atom. The van der Waals surface area contributed by atoms with Crippen LogP contribution in [0, 0.1) is 0 Å². The number of rotatable bonds is 8. The average molecular weight is 265 g/mol. The molecule has 19 heavy (non-hydrogen) atoms. The number of hydrogen-bond donors (Lipinski definition) is 2. The summed E-state index contributed by atoms with van der Waals surface area (Å²) >= 11 is 0. The highest BCUT2D eigenvalue weighted by molar-refractivity contribution is 5.30. The van der Waals surface area contributed by atoms with Gasteiger partial charge in [0.05, 0.1) is 13.2 Å². The molecule has 0 radical (unpaired) electrons. The van der Waals surface area contributed by atoms with E-state index in [1.807, 2.05) is 19.1 Å². The minimum Gasteiger partial charge on any atom is -0.494 e. The minimum absolute atomic E-state index is 0.0341. The van der Waals surface area contributed by atoms with Crippen molar-refractivity contribution in [2.45, 2.75) is 51.5 Å². The number of aliphatic hydroxyl groups is 1. The van der Waals surface area contributed by atoms with Crippen molar-refractivity contribution in [2.24, 2.45) is 5.73 Å². The van der Waals surface area contributed by atoms with E-state index in [2.05, 4.69) is 26.0 Å². The molecule has 0 amide bonds. The summed E-state index contributed by atoms with van der Waals surface area (Å²) in [6.07, 6.45) is 2.42. The standard InChI is InChI=1S/C16H27NO2/c1-4-16(17,12-18)9-6-10-19-15-8-5-7-14(11-15)13(2)3/h5,7-8,11,13,18H,4,6,9-10,12,17H2,1-3H3. The average Bonchev–Trinajstić information content (AvgIpc) is 2.43. The Hall–Kier alpha value is -1.06. The quantitative estimate of drug-likeness (QED) is 0.710. The van der Waals surface area contributed by atoms with Crippen molar-refractivity contribution < 1.29 is 9.84 Å². The number of hydrogen-bond acceptors (Lipinski definition) is 3. The molecule has 0 aliphatic heterocycles. The molecule has 0 aromatic heterocycles. The Bertz CT molecular complexity index is 373. The van der Waals surface area contributed by atoms with Crippen LogP contribution in [-0.4, -0.2) is 23.9 Å². The molecule has 0 aliphatic rings. The van der Waals surface area contributed by atoms with E-state index in [-0.39, 0.29) is 6.61 Å². The fourth-order valence-electron chi connectivity index (χ4n) is 1.95. The van der Waals surface area contributed by atoms with E-state index >= 15 is 0 Å². The lowest BCUT2D eigenvalue weighted by Crippen LogP contribution is -2.43. The first-order chi connectivity index (χ1) is 9.00. The molecule has 1 unspecified atom stereocenters. The maximum atomic E-state index is 9.23. The van der Waals surface area contributed by atoms with Crippen molar-refractivity contribution in [1.29, 1.82) is 0 Å². The van der Waals surface area contributed by atoms with Crippen LogP contribution < -0.4 is 10.5 Å². The van der Waals surface area contributed by atoms with E-state index in [4.69, 9.17) is 10.5 Å². The van der Waals surface area contributed by atoms with Gasteiger partial charge >= 0.3 is 0 Å². The van der Waals surface area contributed by atoms with Gasteiger partial charge in [0.1, 0.15) is 5.75 Å². The van der Waals surface area contributed by atoms with Gasteiger partial charge in [0, 0.05) is 5.54 Å². The normalized spacial score (nSPS) is 14.4. The molecular weight excluding hydrogens is 238 g/mol. The van der Waals surface area contributed by atoms with Crippen molar-refractivity contribution >= 4 is 0 Å². The van der Waals surface area contributed by atoms with Crippen LogP contribution in [0.2, 0.25) is 0 Å². The highest BCUT2D eigenvalue weighted by Crippen LogP contribution is 2.20. The molecule has 0 saturated carbocycles. The van der Waals surface area contributed by atoms with Gasteiger partial charge < -0.3 is 15.6 Å². The lowest BCUT2D eigenvalue weighted by atomic mass is 9.93. The molecule has 0 fully saturated rings. The van der Waals surface area contributed by atoms with Crippen molar-refractivity contribution in [3.8, 4) is 5.75 Å². The molecule has 1 rings (SSSR count). The second-order valence-corrected chi connectivity index (χ2v) is 5.55. The van der Waals surface area contributed by atoms with Crippen molar-refractivity contribution in [3.05, 3.63) is 29.8 Å². The van der Waals surface area contributed by atoms with Crippen LogP contribution in [0.1, 0.15) is 51.5 Å². The first-order valence-corrected chi connectivity index (χ1v) is 7.13. The smallest absolute Gasteiger partial charge is 0.119 e. The van der Waals surface area contributed by atoms with Gasteiger partial charge in [0.25, 0.3) is 0 Å². The summed E-state index contributed by atoms with van der Waals surface area (Å²) in [6.45, 7) is 7.02. The van der Waals surface area contributed by atoms with Gasteiger partial charge in [-0.05, 0) is 42.9 Å². The van der Waals surface area contributed by atoms with Gasteiger partial charge in [-0.3, -0.25) is 0 Å². The molecule has 3 nitrogen and oxygen atoms in total. The summed E-state index contributed by atoms with van der Waals surface area (Å²) in [4.78, 5) is 0. The van der Waals surface area contributed by atoms with Gasteiger partial charge in [-0.25, -0.2) is 0 Å². The highest BCUT2D eigenvalue weighted by Gasteiger charge is 2.20. The van der Waals surface area contributed by atoms with Gasteiger partial charge in [0.2, 0.25) is 0 Å². The van der Waals surface area contributed by atoms with Crippen LogP contribution in [0.15, 0.2) is 24.3 Å². The van der Waals surface area contributed by atoms with Crippen LogP contribution in [0.5, 0.6) is 5.75 Å². The maximum absolute atomic E-state index is 9.23. The van der Waals surface area contributed by atoms with E-state index in [0.29, 0.717) is 12.5 Å². The van der Waals surface area contributed by atoms with Gasteiger partial charge in [0.15, 0.2) is 0 Å². The maximum Gasteiger partial charge on any atom is 0.119 e. The SMILES string of the molecule is CCC(N)(CO)CCCOc1cccc(C(C)C)c1. The summed E-state index contributed by atoms with van der Waals surface area (Å²) in [5.74, 6) is 1.42. The summed E-state index contributed by atoms with van der Waals surface area (Å²) in [6, 6.07) is 8.21. The zero-order chi connectivity index (χ0) is 14.3. The lowest BCUT2D eigenvalue weighted by molar-refractivity contribution is 0.171. The third-order valence-electron chi connectivity index (χ3n) is 3.63. The molecule has 0 spiro atoms. The summed E-state index contributed by atoms with van der Waals surface area (Å²) in [5, 5.41) is 9.23. The van der Waals surface area contributed by atoms with Crippen LogP contribution in [0.25, 0.3) is 0 Å². The van der Waals surface area contributed by atoms with E-state index < -0.39 is 5.54 Å². The molecule has 3 N–H and O–H groups in total. The molecule has 3 heteroatoms. The number of benzene rings is 1. The predicted molar refractivity (Wildman–Crippen MR) is 79.6 cm³/mol. The predicted octanol–water partition coefficient (Wildman–Crippen LogP) is 3.07. The fraction of sp³-hybridized carbons (Fsp3) is 0.625. The zero-order valence-electron chi connectivity index (χ0n) is 12.4. The van der Waals surface area contributed by atoms with Crippen LogP contribution in [-0.2, 0) is 0 Å². The fourth-order valence-corrected chi connectivity index (χ4v) is 1.95. The molecule has 108 valence electrons. The minimum atomic E-state index is -0.455. The first kappa shape index (κ1) is 16.0. The molecule has 0 aliphatic carbocycles. The molecule has 1 aromatic rings. The van der Waals surface area contributed by atoms with Crippen molar-refractivity contribution in [3.63, 3.8) is 0 Å². The summed E-state index contributed by atoms with van der Waals surface area (Å²) in [7, 11) is 0. The molecule has 0 heterocycles. The third-order valence-corrected chi connectivity index (χ3v) is 3.63. The summed E-state index contributed by atoms with van der Waals surface area (Å²) < 4.78 is 5.74. The van der Waals surface area contributed by atoms with Gasteiger partial charge in [-0.1, -0.05) is 32.9 Å². The Kier molecular flexibility index (Phi) is 6.32. The molecule has 0 bridgehead atoms. The topological polar surface area (TPSA) is 55.5 Å². The van der Waals surface area contributed by atoms with Gasteiger partial charge in [-0.15, -0.1) is 0 Å². The van der Waals surface area contributed by atoms with Gasteiger partial charge in [-0.2, -0.15) is 0 Å². The molecule has 1 aromatic carbocycles. The van der Waals surface area contributed by atoms with E-state index in [1.165, 1.54) is 5.56 Å². The summed E-state index contributed by atoms with van der Waals surface area (Å²) in [5.41, 5.74) is 6.87. The molecule has 1 atom stereocenters. The Labute approximate surface area is 116 Å². The number of ether oxygens (including phenoxy) is 1. The Morgan fingerprint density at radius 3 is 2.68 bits per heavy atom. The number of nitrogens with two attached hydrogens (primary N) is 1. The van der Waals surface area contributed by atoms with Crippen LogP contribution in [0.4, 0.5) is 0 Å². The second-order valence-electron chi connectivity index (χ2n) is 5.55. The largest absolute Gasteiger partial charge is 0.494 e. The second kappa shape index (κ2) is 7.51. The van der Waals surface area contributed by atoms with E-state index in [0.717, 1.165) is 25.0 Å². The molecule has 0 saturated heterocycles. The van der Waals surface area contributed by atoms with E-state index in [1.54, 1.807) is 0 Å². The highest BCUT2D eigenvalue weighted by atomic mass is 16.5. The Balaban J connectivity index is 2.39.